The Morgan fingerprint density at radius 1 is 1.03 bits per heavy atom. The van der Waals surface area contributed by atoms with Crippen LogP contribution < -0.4 is 5.56 Å². The van der Waals surface area contributed by atoms with E-state index in [4.69, 9.17) is 0 Å². The maximum absolute atomic E-state index is 13.3. The number of fused-ring (bicyclic) bond motifs is 3. The predicted octanol–water partition coefficient (Wildman–Crippen LogP) is 5.23. The number of ketones is 1. The highest BCUT2D eigenvalue weighted by Gasteiger charge is 2.20. The van der Waals surface area contributed by atoms with Crippen LogP contribution in [0, 0.1) is 27.7 Å². The molecule has 0 aliphatic heterocycles. The van der Waals surface area contributed by atoms with Crippen molar-refractivity contribution in [1.29, 1.82) is 0 Å². The summed E-state index contributed by atoms with van der Waals surface area (Å²) < 4.78 is 5.51. The molecule has 0 saturated carbocycles. The normalized spacial score (nSPS) is 11.4. The first-order chi connectivity index (χ1) is 17.3. The number of thioether (sulfide) groups is 1. The van der Waals surface area contributed by atoms with Gasteiger partial charge in [-0.15, -0.1) is 16.8 Å². The Kier molecular flexibility index (Phi) is 6.14. The van der Waals surface area contributed by atoms with Crippen LogP contribution in [-0.4, -0.2) is 35.3 Å². The van der Waals surface area contributed by atoms with E-state index in [1.165, 1.54) is 22.9 Å². The van der Waals surface area contributed by atoms with E-state index in [9.17, 15) is 9.59 Å². The van der Waals surface area contributed by atoms with Gasteiger partial charge in [0.15, 0.2) is 10.9 Å². The van der Waals surface area contributed by atoms with Gasteiger partial charge in [-0.05, 0) is 69.2 Å². The first-order valence-corrected chi connectivity index (χ1v) is 12.7. The summed E-state index contributed by atoms with van der Waals surface area (Å²) >= 11 is 1.32. The van der Waals surface area contributed by atoms with Gasteiger partial charge in [-0.3, -0.25) is 18.6 Å². The Balaban J connectivity index is 1.49. The number of aromatic nitrogens is 5. The summed E-state index contributed by atoms with van der Waals surface area (Å²) in [6.07, 6.45) is 1.66. The summed E-state index contributed by atoms with van der Waals surface area (Å²) in [6, 6.07) is 15.7. The lowest BCUT2D eigenvalue weighted by Gasteiger charge is -2.12. The van der Waals surface area contributed by atoms with Gasteiger partial charge < -0.3 is 4.57 Å². The number of nitrogens with zero attached hydrogens (tertiary/aromatic N) is 5. The highest BCUT2D eigenvalue weighted by molar-refractivity contribution is 7.99. The van der Waals surface area contributed by atoms with Crippen LogP contribution in [0.15, 0.2) is 71.1 Å². The molecule has 0 aliphatic rings. The molecule has 0 aliphatic carbocycles. The summed E-state index contributed by atoms with van der Waals surface area (Å²) in [5, 5.41) is 9.74. The molecular formula is C28H27N5O2S. The lowest BCUT2D eigenvalue weighted by molar-refractivity contribution is 0.102. The van der Waals surface area contributed by atoms with E-state index in [-0.39, 0.29) is 17.1 Å². The average Bonchev–Trinajstić information content (AvgIpc) is 3.42. The van der Waals surface area contributed by atoms with Gasteiger partial charge in [-0.2, -0.15) is 0 Å². The number of hydrogen-bond donors (Lipinski definition) is 0. The Labute approximate surface area is 213 Å². The largest absolute Gasteiger partial charge is 0.318 e. The number of para-hydroxylation sites is 1. The SMILES string of the molecule is C=CCn1c(=O)c2ccccc2n2c(SCC(=O)c3cc(C)n(-c4ccc(C)c(C)c4)c3C)nnc12. The molecule has 0 amide bonds. The molecule has 5 rings (SSSR count). The molecule has 36 heavy (non-hydrogen) atoms. The molecule has 0 saturated heterocycles. The van der Waals surface area contributed by atoms with Crippen LogP contribution in [0.4, 0.5) is 0 Å². The van der Waals surface area contributed by atoms with Crippen molar-refractivity contribution < 1.29 is 4.79 Å². The Bertz CT molecular complexity index is 1720. The zero-order chi connectivity index (χ0) is 25.6. The van der Waals surface area contributed by atoms with Crippen LogP contribution in [0.2, 0.25) is 0 Å². The number of aryl methyl sites for hydroxylation is 3. The molecule has 0 radical (unpaired) electrons. The lowest BCUT2D eigenvalue weighted by atomic mass is 10.1. The van der Waals surface area contributed by atoms with E-state index in [1.807, 2.05) is 42.5 Å². The van der Waals surface area contributed by atoms with Crippen LogP contribution in [-0.2, 0) is 6.54 Å². The minimum atomic E-state index is -0.142. The average molecular weight is 498 g/mol. The second-order valence-electron chi connectivity index (χ2n) is 8.94. The van der Waals surface area contributed by atoms with Gasteiger partial charge in [0.1, 0.15) is 0 Å². The smallest absolute Gasteiger partial charge is 0.263 e. The third-order valence-corrected chi connectivity index (χ3v) is 7.53. The fourth-order valence-corrected chi connectivity index (χ4v) is 5.46. The molecule has 182 valence electrons. The van der Waals surface area contributed by atoms with Crippen molar-refractivity contribution >= 4 is 34.2 Å². The van der Waals surface area contributed by atoms with Crippen molar-refractivity contribution in [3.05, 3.63) is 99.6 Å². The summed E-state index contributed by atoms with van der Waals surface area (Å²) in [7, 11) is 0. The van der Waals surface area contributed by atoms with Crippen LogP contribution in [0.5, 0.6) is 0 Å². The van der Waals surface area contributed by atoms with Gasteiger partial charge in [0.25, 0.3) is 5.56 Å². The molecule has 7 nitrogen and oxygen atoms in total. The minimum Gasteiger partial charge on any atom is -0.318 e. The minimum absolute atomic E-state index is 0.0173. The molecule has 0 N–H and O–H groups in total. The highest BCUT2D eigenvalue weighted by atomic mass is 32.2. The van der Waals surface area contributed by atoms with Crippen LogP contribution >= 0.6 is 11.8 Å². The molecule has 0 spiro atoms. The van der Waals surface area contributed by atoms with E-state index in [0.29, 0.717) is 33.9 Å². The summed E-state index contributed by atoms with van der Waals surface area (Å²) in [4.78, 5) is 26.3. The summed E-state index contributed by atoms with van der Waals surface area (Å²) in [5.74, 6) is 0.650. The number of benzene rings is 2. The monoisotopic (exact) mass is 497 g/mol. The van der Waals surface area contributed by atoms with E-state index >= 15 is 0 Å². The topological polar surface area (TPSA) is 74.2 Å². The van der Waals surface area contributed by atoms with E-state index in [2.05, 4.69) is 53.4 Å². The maximum atomic E-state index is 13.3. The maximum Gasteiger partial charge on any atom is 0.263 e. The molecular weight excluding hydrogens is 470 g/mol. The van der Waals surface area contributed by atoms with Crippen molar-refractivity contribution in [3.8, 4) is 5.69 Å². The third-order valence-electron chi connectivity index (χ3n) is 6.60. The van der Waals surface area contributed by atoms with Crippen LogP contribution in [0.3, 0.4) is 0 Å². The molecule has 8 heteroatoms. The van der Waals surface area contributed by atoms with Crippen molar-refractivity contribution in [3.63, 3.8) is 0 Å². The van der Waals surface area contributed by atoms with Gasteiger partial charge in [0, 0.05) is 29.2 Å². The standard InChI is InChI=1S/C28H27N5O2S/c1-6-13-31-26(35)22-9-7-8-10-24(22)33-27(31)29-30-28(33)36-16-25(34)23-15-19(4)32(20(23)5)21-12-11-17(2)18(3)14-21/h6-12,14-15H,1,13,16H2,2-5H3. The fraction of sp³-hybridized carbons (Fsp3) is 0.214. The van der Waals surface area contributed by atoms with Gasteiger partial charge in [-0.25, -0.2) is 0 Å². The Morgan fingerprint density at radius 2 is 1.81 bits per heavy atom. The number of hydrogen-bond acceptors (Lipinski definition) is 5. The second-order valence-corrected chi connectivity index (χ2v) is 9.88. The molecule has 0 fully saturated rings. The van der Waals surface area contributed by atoms with E-state index in [0.717, 1.165) is 17.1 Å². The zero-order valence-corrected chi connectivity index (χ0v) is 21.6. The van der Waals surface area contributed by atoms with E-state index < -0.39 is 0 Å². The van der Waals surface area contributed by atoms with Gasteiger partial charge >= 0.3 is 0 Å². The molecule has 2 aromatic carbocycles. The summed E-state index contributed by atoms with van der Waals surface area (Å²) in [6.45, 7) is 12.3. The second kappa shape index (κ2) is 9.28. The molecule has 3 heterocycles. The summed E-state index contributed by atoms with van der Waals surface area (Å²) in [5.41, 5.74) is 6.69. The molecule has 0 atom stereocenters. The molecule has 3 aromatic heterocycles. The molecule has 5 aromatic rings. The molecule has 0 bridgehead atoms. The van der Waals surface area contributed by atoms with Crippen molar-refractivity contribution in [2.45, 2.75) is 39.4 Å². The quantitative estimate of drug-likeness (QED) is 0.175. The van der Waals surface area contributed by atoms with Crippen LogP contribution in [0.1, 0.15) is 32.9 Å². The first kappa shape index (κ1) is 23.8. The fourth-order valence-electron chi connectivity index (χ4n) is 4.64. The first-order valence-electron chi connectivity index (χ1n) is 11.7. The number of allylic oxidation sites excluding steroid dienone is 1. The zero-order valence-electron chi connectivity index (χ0n) is 20.8. The Hall–Kier alpha value is -3.91. The predicted molar refractivity (Wildman–Crippen MR) is 145 cm³/mol. The Morgan fingerprint density at radius 3 is 2.56 bits per heavy atom. The van der Waals surface area contributed by atoms with Crippen molar-refractivity contribution in [2.75, 3.05) is 5.75 Å². The lowest BCUT2D eigenvalue weighted by Crippen LogP contribution is -2.22. The van der Waals surface area contributed by atoms with Gasteiger partial charge in [-0.1, -0.05) is 36.0 Å². The van der Waals surface area contributed by atoms with Gasteiger partial charge in [0.2, 0.25) is 5.78 Å². The van der Waals surface area contributed by atoms with Crippen LogP contribution in [0.25, 0.3) is 22.4 Å². The van der Waals surface area contributed by atoms with Gasteiger partial charge in [0.05, 0.1) is 16.7 Å². The van der Waals surface area contributed by atoms with E-state index in [1.54, 1.807) is 16.7 Å². The number of carbonyl (C=O) groups excluding carboxylic acids is 1. The third kappa shape index (κ3) is 3.87. The number of rotatable bonds is 7. The highest BCUT2D eigenvalue weighted by Crippen LogP contribution is 2.26. The molecule has 0 unspecified atom stereocenters. The van der Waals surface area contributed by atoms with Crippen molar-refractivity contribution in [1.82, 2.24) is 23.7 Å². The number of carbonyl (C=O) groups is 1. The number of Topliss-reactive ketones (excluding diaryl/α,β-unsaturated/α-hetero) is 1. The van der Waals surface area contributed by atoms with Crippen molar-refractivity contribution in [2.24, 2.45) is 0 Å².